The lowest BCUT2D eigenvalue weighted by atomic mass is 10.0. The Kier molecular flexibility index (Phi) is 2.46. The molecule has 0 aliphatic carbocycles. The molecule has 1 saturated heterocycles. The summed E-state index contributed by atoms with van der Waals surface area (Å²) in [4.78, 5) is 12.9. The van der Waals surface area contributed by atoms with Gasteiger partial charge in [-0.25, -0.2) is 4.79 Å². The summed E-state index contributed by atoms with van der Waals surface area (Å²) in [7, 11) is 0. The van der Waals surface area contributed by atoms with Crippen LogP contribution in [0.2, 0.25) is 0 Å². The number of rotatable bonds is 2. The fraction of sp³-hybridized carbons (Fsp3) is 0.250. The Morgan fingerprint density at radius 1 is 1.40 bits per heavy atom. The summed E-state index contributed by atoms with van der Waals surface area (Å²) in [5.41, 5.74) is 1.02. The van der Waals surface area contributed by atoms with E-state index >= 15 is 0 Å². The monoisotopic (exact) mass is 203 g/mol. The second-order valence-electron chi connectivity index (χ2n) is 3.55. The topological polar surface area (TPSA) is 29.5 Å². The van der Waals surface area contributed by atoms with E-state index in [-0.39, 0.29) is 18.2 Å². The van der Waals surface area contributed by atoms with Crippen molar-refractivity contribution in [1.29, 1.82) is 0 Å². The standard InChI is InChI=1S/C12H13NO2/c1-3-13-9(2)11(15-12(13)14)10-7-5-4-6-8-10/h3-9,11H,1H2,2H3/t9-,11-/m1/s1. The first-order valence-corrected chi connectivity index (χ1v) is 4.90. The first-order valence-electron chi connectivity index (χ1n) is 4.90. The number of hydrogen-bond donors (Lipinski definition) is 0. The van der Waals surface area contributed by atoms with Gasteiger partial charge in [0.2, 0.25) is 0 Å². The highest BCUT2D eigenvalue weighted by Crippen LogP contribution is 2.31. The van der Waals surface area contributed by atoms with E-state index in [1.54, 1.807) is 0 Å². The lowest BCUT2D eigenvalue weighted by Gasteiger charge is -2.16. The van der Waals surface area contributed by atoms with Crippen molar-refractivity contribution in [3.8, 4) is 0 Å². The number of cyclic esters (lactones) is 1. The van der Waals surface area contributed by atoms with Crippen molar-refractivity contribution in [2.45, 2.75) is 19.1 Å². The Hall–Kier alpha value is -1.77. The minimum atomic E-state index is -0.327. The van der Waals surface area contributed by atoms with E-state index in [9.17, 15) is 4.79 Å². The Balaban J connectivity index is 2.27. The molecule has 0 aromatic heterocycles. The van der Waals surface area contributed by atoms with Crippen molar-refractivity contribution in [3.05, 3.63) is 48.7 Å². The molecule has 0 spiro atoms. The van der Waals surface area contributed by atoms with Crippen LogP contribution in [0.1, 0.15) is 18.6 Å². The van der Waals surface area contributed by atoms with E-state index < -0.39 is 0 Å². The predicted octanol–water partition coefficient (Wildman–Crippen LogP) is 2.71. The maximum atomic E-state index is 11.4. The van der Waals surface area contributed by atoms with E-state index in [0.29, 0.717) is 0 Å². The highest BCUT2D eigenvalue weighted by molar-refractivity contribution is 5.72. The lowest BCUT2D eigenvalue weighted by molar-refractivity contribution is 0.132. The van der Waals surface area contributed by atoms with Gasteiger partial charge in [-0.15, -0.1) is 0 Å². The number of carbonyl (C=O) groups excluding carboxylic acids is 1. The highest BCUT2D eigenvalue weighted by Gasteiger charge is 2.37. The maximum Gasteiger partial charge on any atom is 0.414 e. The highest BCUT2D eigenvalue weighted by atomic mass is 16.6. The summed E-state index contributed by atoms with van der Waals surface area (Å²) in [6.07, 6.45) is 0.985. The molecule has 1 heterocycles. The zero-order valence-corrected chi connectivity index (χ0v) is 8.59. The van der Waals surface area contributed by atoms with E-state index in [4.69, 9.17) is 4.74 Å². The van der Waals surface area contributed by atoms with E-state index in [0.717, 1.165) is 5.56 Å². The largest absolute Gasteiger partial charge is 0.439 e. The number of carbonyl (C=O) groups is 1. The number of benzene rings is 1. The number of nitrogens with zero attached hydrogens (tertiary/aromatic N) is 1. The third-order valence-electron chi connectivity index (χ3n) is 2.64. The van der Waals surface area contributed by atoms with Crippen LogP contribution in [-0.4, -0.2) is 17.0 Å². The van der Waals surface area contributed by atoms with Crippen LogP contribution in [0.25, 0.3) is 0 Å². The molecule has 0 bridgehead atoms. The van der Waals surface area contributed by atoms with Crippen LogP contribution in [0.4, 0.5) is 4.79 Å². The van der Waals surface area contributed by atoms with Crippen LogP contribution in [0.15, 0.2) is 43.1 Å². The van der Waals surface area contributed by atoms with Crippen LogP contribution in [0, 0.1) is 0 Å². The van der Waals surface area contributed by atoms with Gasteiger partial charge in [0.05, 0.1) is 6.04 Å². The molecule has 0 N–H and O–H groups in total. The van der Waals surface area contributed by atoms with Crippen LogP contribution < -0.4 is 0 Å². The third-order valence-corrected chi connectivity index (χ3v) is 2.64. The molecule has 1 aliphatic rings. The molecule has 2 atom stereocenters. The van der Waals surface area contributed by atoms with Crippen LogP contribution in [0.5, 0.6) is 0 Å². The molecule has 0 unspecified atom stereocenters. The van der Waals surface area contributed by atoms with Gasteiger partial charge >= 0.3 is 6.09 Å². The fourth-order valence-corrected chi connectivity index (χ4v) is 1.81. The van der Waals surface area contributed by atoms with Gasteiger partial charge in [-0.1, -0.05) is 36.9 Å². The Bertz CT molecular complexity index is 374. The van der Waals surface area contributed by atoms with Crippen molar-refractivity contribution in [3.63, 3.8) is 0 Å². The second-order valence-corrected chi connectivity index (χ2v) is 3.55. The molecule has 3 heteroatoms. The van der Waals surface area contributed by atoms with E-state index in [2.05, 4.69) is 6.58 Å². The van der Waals surface area contributed by atoms with Crippen molar-refractivity contribution in [1.82, 2.24) is 4.90 Å². The summed E-state index contributed by atoms with van der Waals surface area (Å²) >= 11 is 0. The summed E-state index contributed by atoms with van der Waals surface area (Å²) in [6.45, 7) is 5.55. The third kappa shape index (κ3) is 1.61. The average molecular weight is 203 g/mol. The summed E-state index contributed by atoms with van der Waals surface area (Å²) in [5.74, 6) is 0. The smallest absolute Gasteiger partial charge is 0.414 e. The Morgan fingerprint density at radius 3 is 2.60 bits per heavy atom. The molecule has 1 amide bonds. The van der Waals surface area contributed by atoms with Gasteiger partial charge in [-0.2, -0.15) is 0 Å². The van der Waals surface area contributed by atoms with Gasteiger partial charge in [0.1, 0.15) is 6.10 Å². The van der Waals surface area contributed by atoms with Gasteiger partial charge in [0.25, 0.3) is 0 Å². The van der Waals surface area contributed by atoms with Crippen molar-refractivity contribution in [2.75, 3.05) is 0 Å². The molecule has 1 aliphatic heterocycles. The Labute approximate surface area is 89.0 Å². The molecule has 15 heavy (non-hydrogen) atoms. The average Bonchev–Trinajstić information content (AvgIpc) is 2.55. The summed E-state index contributed by atoms with van der Waals surface area (Å²) in [6, 6.07) is 9.73. The predicted molar refractivity (Wildman–Crippen MR) is 57.2 cm³/mol. The number of hydrogen-bond acceptors (Lipinski definition) is 2. The van der Waals surface area contributed by atoms with Gasteiger partial charge in [-0.05, 0) is 12.5 Å². The molecule has 2 rings (SSSR count). The first kappa shape index (κ1) is 9.77. The molecule has 1 aromatic rings. The van der Waals surface area contributed by atoms with Crippen molar-refractivity contribution < 1.29 is 9.53 Å². The summed E-state index contributed by atoms with van der Waals surface area (Å²) in [5, 5.41) is 0. The van der Waals surface area contributed by atoms with Gasteiger partial charge in [0.15, 0.2) is 0 Å². The van der Waals surface area contributed by atoms with Crippen LogP contribution in [-0.2, 0) is 4.74 Å². The SMILES string of the molecule is C=CN1C(=O)O[C@@H](c2ccccc2)[C@H]1C. The van der Waals surface area contributed by atoms with Crippen LogP contribution in [0.3, 0.4) is 0 Å². The number of amides is 1. The quantitative estimate of drug-likeness (QED) is 0.739. The molecule has 1 fully saturated rings. The molecular weight excluding hydrogens is 190 g/mol. The second kappa shape index (κ2) is 3.77. The van der Waals surface area contributed by atoms with Gasteiger partial charge < -0.3 is 4.74 Å². The van der Waals surface area contributed by atoms with E-state index in [1.807, 2.05) is 37.3 Å². The minimum Gasteiger partial charge on any atom is -0.439 e. The lowest BCUT2D eigenvalue weighted by Crippen LogP contribution is -2.26. The van der Waals surface area contributed by atoms with Crippen molar-refractivity contribution >= 4 is 6.09 Å². The molecule has 1 aromatic carbocycles. The van der Waals surface area contributed by atoms with E-state index in [1.165, 1.54) is 11.1 Å². The fourth-order valence-electron chi connectivity index (χ4n) is 1.81. The van der Waals surface area contributed by atoms with Gasteiger partial charge in [0, 0.05) is 6.20 Å². The zero-order chi connectivity index (χ0) is 10.8. The molecular formula is C12H13NO2. The summed E-state index contributed by atoms with van der Waals surface area (Å²) < 4.78 is 5.28. The minimum absolute atomic E-state index is 0.00241. The molecule has 3 nitrogen and oxygen atoms in total. The molecule has 0 radical (unpaired) electrons. The maximum absolute atomic E-state index is 11.4. The van der Waals surface area contributed by atoms with Gasteiger partial charge in [-0.3, -0.25) is 4.90 Å². The first-order chi connectivity index (χ1) is 7.24. The number of ether oxygens (including phenoxy) is 1. The van der Waals surface area contributed by atoms with Crippen molar-refractivity contribution in [2.24, 2.45) is 0 Å². The van der Waals surface area contributed by atoms with Crippen LogP contribution >= 0.6 is 0 Å². The Morgan fingerprint density at radius 2 is 2.07 bits per heavy atom. The molecule has 0 saturated carbocycles. The zero-order valence-electron chi connectivity index (χ0n) is 8.59. The normalized spacial score (nSPS) is 25.1. The molecule has 78 valence electrons.